The number of carbonyl (C=O) groups excluding carboxylic acids is 1. The van der Waals surface area contributed by atoms with Gasteiger partial charge >= 0.3 is 6.18 Å². The Kier molecular flexibility index (Phi) is 5.11. The number of nitrogens with one attached hydrogen (secondary N) is 1. The highest BCUT2D eigenvalue weighted by molar-refractivity contribution is 5.76. The Labute approximate surface area is 128 Å². The van der Waals surface area contributed by atoms with Gasteiger partial charge in [-0.15, -0.1) is 0 Å². The second kappa shape index (κ2) is 6.69. The van der Waals surface area contributed by atoms with E-state index in [4.69, 9.17) is 5.73 Å². The number of nitrogens with two attached hydrogens (primary N) is 1. The van der Waals surface area contributed by atoms with Crippen LogP contribution in [0.2, 0.25) is 0 Å². The first-order valence-corrected chi connectivity index (χ1v) is 7.49. The summed E-state index contributed by atoms with van der Waals surface area (Å²) in [6.07, 6.45) is -1.14. The predicted molar refractivity (Wildman–Crippen MR) is 77.9 cm³/mol. The topological polar surface area (TPSA) is 55.1 Å². The molecule has 1 unspecified atom stereocenters. The molecule has 22 heavy (non-hydrogen) atoms. The third-order valence-electron chi connectivity index (χ3n) is 4.26. The molecular weight excluding hydrogens is 293 g/mol. The SMILES string of the molecule is CC(NC(=O)C[C@@H]1CCC[C@H]1N)c1cccc(C(F)(F)F)c1. The van der Waals surface area contributed by atoms with Gasteiger partial charge in [0.1, 0.15) is 0 Å². The molecule has 3 atom stereocenters. The zero-order chi connectivity index (χ0) is 16.3. The van der Waals surface area contributed by atoms with Crippen LogP contribution in [0.4, 0.5) is 13.2 Å². The molecule has 1 saturated carbocycles. The minimum Gasteiger partial charge on any atom is -0.350 e. The molecule has 0 heterocycles. The van der Waals surface area contributed by atoms with E-state index in [1.165, 1.54) is 6.07 Å². The van der Waals surface area contributed by atoms with Crippen molar-refractivity contribution in [2.45, 2.75) is 50.9 Å². The van der Waals surface area contributed by atoms with Gasteiger partial charge in [0, 0.05) is 12.5 Å². The van der Waals surface area contributed by atoms with Crippen LogP contribution < -0.4 is 11.1 Å². The zero-order valence-electron chi connectivity index (χ0n) is 12.5. The van der Waals surface area contributed by atoms with Gasteiger partial charge < -0.3 is 11.1 Å². The lowest BCUT2D eigenvalue weighted by Gasteiger charge is -2.19. The molecule has 3 N–H and O–H groups in total. The van der Waals surface area contributed by atoms with Crippen molar-refractivity contribution in [3.8, 4) is 0 Å². The first kappa shape index (κ1) is 16.8. The van der Waals surface area contributed by atoms with E-state index < -0.39 is 17.8 Å². The maximum absolute atomic E-state index is 12.7. The molecule has 122 valence electrons. The molecule has 1 aromatic rings. The summed E-state index contributed by atoms with van der Waals surface area (Å²) in [5.41, 5.74) is 5.67. The highest BCUT2D eigenvalue weighted by Gasteiger charge is 2.31. The number of hydrogen-bond donors (Lipinski definition) is 2. The van der Waals surface area contributed by atoms with E-state index in [0.717, 1.165) is 31.4 Å². The minimum atomic E-state index is -4.38. The van der Waals surface area contributed by atoms with Crippen molar-refractivity contribution in [2.75, 3.05) is 0 Å². The van der Waals surface area contributed by atoms with E-state index in [-0.39, 0.29) is 17.9 Å². The number of alkyl halides is 3. The Morgan fingerprint density at radius 3 is 2.73 bits per heavy atom. The molecule has 0 bridgehead atoms. The summed E-state index contributed by atoms with van der Waals surface area (Å²) >= 11 is 0. The summed E-state index contributed by atoms with van der Waals surface area (Å²) in [7, 11) is 0. The van der Waals surface area contributed by atoms with Crippen LogP contribution in [-0.4, -0.2) is 11.9 Å². The summed E-state index contributed by atoms with van der Waals surface area (Å²) in [4.78, 5) is 12.0. The predicted octanol–water partition coefficient (Wildman–Crippen LogP) is 3.40. The van der Waals surface area contributed by atoms with Crippen molar-refractivity contribution < 1.29 is 18.0 Å². The molecule has 1 aliphatic carbocycles. The van der Waals surface area contributed by atoms with E-state index in [1.807, 2.05) is 0 Å². The van der Waals surface area contributed by atoms with Crippen molar-refractivity contribution in [3.05, 3.63) is 35.4 Å². The fourth-order valence-corrected chi connectivity index (χ4v) is 2.93. The average Bonchev–Trinajstić information content (AvgIpc) is 2.83. The van der Waals surface area contributed by atoms with Crippen LogP contribution in [0.15, 0.2) is 24.3 Å². The summed E-state index contributed by atoms with van der Waals surface area (Å²) in [5, 5.41) is 2.76. The molecule has 2 rings (SSSR count). The first-order chi connectivity index (χ1) is 10.3. The van der Waals surface area contributed by atoms with Crippen molar-refractivity contribution in [1.29, 1.82) is 0 Å². The third kappa shape index (κ3) is 4.22. The van der Waals surface area contributed by atoms with Crippen molar-refractivity contribution in [2.24, 2.45) is 11.7 Å². The normalized spacial score (nSPS) is 23.3. The lowest BCUT2D eigenvalue weighted by atomic mass is 9.99. The van der Waals surface area contributed by atoms with Crippen LogP contribution in [0.1, 0.15) is 49.8 Å². The second-order valence-corrected chi connectivity index (χ2v) is 5.97. The van der Waals surface area contributed by atoms with Crippen LogP contribution in [0.25, 0.3) is 0 Å². The number of carbonyl (C=O) groups is 1. The van der Waals surface area contributed by atoms with E-state index in [2.05, 4.69) is 5.32 Å². The summed E-state index contributed by atoms with van der Waals surface area (Å²) in [6, 6.07) is 4.62. The van der Waals surface area contributed by atoms with Crippen LogP contribution in [0.5, 0.6) is 0 Å². The molecule has 0 radical (unpaired) electrons. The smallest absolute Gasteiger partial charge is 0.350 e. The molecule has 1 amide bonds. The van der Waals surface area contributed by atoms with Gasteiger partial charge in [-0.2, -0.15) is 13.2 Å². The number of hydrogen-bond acceptors (Lipinski definition) is 2. The Balaban J connectivity index is 1.97. The second-order valence-electron chi connectivity index (χ2n) is 5.97. The van der Waals surface area contributed by atoms with Crippen LogP contribution in [0.3, 0.4) is 0 Å². The number of halogens is 3. The highest BCUT2D eigenvalue weighted by atomic mass is 19.4. The number of benzene rings is 1. The molecule has 1 fully saturated rings. The highest BCUT2D eigenvalue weighted by Crippen LogP contribution is 2.31. The van der Waals surface area contributed by atoms with Crippen molar-refractivity contribution in [3.63, 3.8) is 0 Å². The van der Waals surface area contributed by atoms with Crippen LogP contribution in [0, 0.1) is 5.92 Å². The molecular formula is C16H21F3N2O. The summed E-state index contributed by atoms with van der Waals surface area (Å²) < 4.78 is 38.1. The van der Waals surface area contributed by atoms with Crippen LogP contribution >= 0.6 is 0 Å². The third-order valence-corrected chi connectivity index (χ3v) is 4.26. The van der Waals surface area contributed by atoms with Gasteiger partial charge in [0.2, 0.25) is 5.91 Å². The Morgan fingerprint density at radius 1 is 1.41 bits per heavy atom. The zero-order valence-corrected chi connectivity index (χ0v) is 12.5. The monoisotopic (exact) mass is 314 g/mol. The number of amides is 1. The Morgan fingerprint density at radius 2 is 2.14 bits per heavy atom. The van der Waals surface area contributed by atoms with E-state index in [9.17, 15) is 18.0 Å². The largest absolute Gasteiger partial charge is 0.416 e. The number of rotatable bonds is 4. The Bertz CT molecular complexity index is 530. The molecule has 1 aromatic carbocycles. The van der Waals surface area contributed by atoms with Gasteiger partial charge in [-0.1, -0.05) is 18.6 Å². The Hall–Kier alpha value is -1.56. The van der Waals surface area contributed by atoms with Crippen LogP contribution in [-0.2, 0) is 11.0 Å². The average molecular weight is 314 g/mol. The van der Waals surface area contributed by atoms with E-state index >= 15 is 0 Å². The fourth-order valence-electron chi connectivity index (χ4n) is 2.93. The quantitative estimate of drug-likeness (QED) is 0.895. The lowest BCUT2D eigenvalue weighted by Crippen LogP contribution is -2.33. The maximum Gasteiger partial charge on any atom is 0.416 e. The van der Waals surface area contributed by atoms with Gasteiger partial charge in [0.05, 0.1) is 11.6 Å². The van der Waals surface area contributed by atoms with Gasteiger partial charge in [-0.25, -0.2) is 0 Å². The van der Waals surface area contributed by atoms with Gasteiger partial charge in [0.15, 0.2) is 0 Å². The lowest BCUT2D eigenvalue weighted by molar-refractivity contribution is -0.137. The molecule has 0 aromatic heterocycles. The molecule has 0 aliphatic heterocycles. The summed E-state index contributed by atoms with van der Waals surface area (Å²) in [5.74, 6) is 0.0148. The van der Waals surface area contributed by atoms with Gasteiger partial charge in [-0.3, -0.25) is 4.79 Å². The standard InChI is InChI=1S/C16H21F3N2O/c1-10(11-4-2-6-13(8-11)16(17,18)19)21-15(22)9-12-5-3-7-14(12)20/h2,4,6,8,10,12,14H,3,5,7,9,20H2,1H3,(H,21,22)/t10?,12-,14+/m0/s1. The van der Waals surface area contributed by atoms with Gasteiger partial charge in [0.25, 0.3) is 0 Å². The molecule has 0 spiro atoms. The minimum absolute atomic E-state index is 0.0506. The van der Waals surface area contributed by atoms with Crippen molar-refractivity contribution in [1.82, 2.24) is 5.32 Å². The van der Waals surface area contributed by atoms with E-state index in [1.54, 1.807) is 13.0 Å². The maximum atomic E-state index is 12.7. The summed E-state index contributed by atoms with van der Waals surface area (Å²) in [6.45, 7) is 1.68. The fraction of sp³-hybridized carbons (Fsp3) is 0.562. The molecule has 3 nitrogen and oxygen atoms in total. The molecule has 1 aliphatic rings. The van der Waals surface area contributed by atoms with Crippen molar-refractivity contribution >= 4 is 5.91 Å². The first-order valence-electron chi connectivity index (χ1n) is 7.49. The molecule has 6 heteroatoms. The molecule has 0 saturated heterocycles. The van der Waals surface area contributed by atoms with Gasteiger partial charge in [-0.05, 0) is 43.4 Å². The van der Waals surface area contributed by atoms with E-state index in [0.29, 0.717) is 12.0 Å².